The SMILES string of the molecule is C=C(C)/C(=C(\N=C/C)C1CC1)c1nc(C)c2c(n1)N(CCC)C(=C)C(NCC1CCN(SC)CC1)=N2. The predicted octanol–water partition coefficient (Wildman–Crippen LogP) is 5.93. The second-order valence-corrected chi connectivity index (χ2v) is 10.9. The summed E-state index contributed by atoms with van der Waals surface area (Å²) in [7, 11) is 0. The van der Waals surface area contributed by atoms with Gasteiger partial charge in [-0.3, -0.25) is 9.30 Å². The molecule has 3 aliphatic rings. The molecule has 1 aromatic heterocycles. The third kappa shape index (κ3) is 5.75. The normalized spacial score (nSPS) is 19.9. The molecule has 8 heteroatoms. The van der Waals surface area contributed by atoms with E-state index < -0.39 is 0 Å². The summed E-state index contributed by atoms with van der Waals surface area (Å²) in [6.07, 6.45) is 9.72. The number of nitrogens with one attached hydrogen (secondary N) is 1. The van der Waals surface area contributed by atoms with Crippen LogP contribution in [-0.2, 0) is 0 Å². The van der Waals surface area contributed by atoms with Crippen LogP contribution in [0.1, 0.15) is 64.4 Å². The molecule has 0 amide bonds. The van der Waals surface area contributed by atoms with Crippen molar-refractivity contribution in [2.45, 2.75) is 59.8 Å². The van der Waals surface area contributed by atoms with Crippen LogP contribution < -0.4 is 10.2 Å². The minimum absolute atomic E-state index is 0.464. The Hall–Kier alpha value is -2.45. The molecule has 7 nitrogen and oxygen atoms in total. The number of piperidine rings is 1. The number of nitrogens with zero attached hydrogens (tertiary/aromatic N) is 6. The quantitative estimate of drug-likeness (QED) is 0.254. The van der Waals surface area contributed by atoms with Crippen molar-refractivity contribution in [1.82, 2.24) is 19.6 Å². The Labute approximate surface area is 221 Å². The average Bonchev–Trinajstić information content (AvgIpc) is 3.70. The first-order chi connectivity index (χ1) is 17.4. The van der Waals surface area contributed by atoms with Gasteiger partial charge in [-0.1, -0.05) is 32.0 Å². The lowest BCUT2D eigenvalue weighted by atomic mass is 9.98. The highest BCUT2D eigenvalue weighted by atomic mass is 32.2. The van der Waals surface area contributed by atoms with Gasteiger partial charge in [0.05, 0.1) is 17.1 Å². The number of allylic oxidation sites excluding steroid dienone is 3. The standard InChI is InChI=1S/C28H41N7S/c1-8-14-35-20(6)26(30-17-21-12-15-34(36-7)16-13-21)32-24-19(5)31-27(33-28(24)35)23(18(3)4)25(29-9-2)22-10-11-22/h9,21-22H,3,6,8,10-17H2,1-2,4-5,7H3,(H,30,32)/b25-23+,29-9-. The van der Waals surface area contributed by atoms with Gasteiger partial charge in [0.25, 0.3) is 0 Å². The number of anilines is 1. The smallest absolute Gasteiger partial charge is 0.164 e. The second kappa shape index (κ2) is 11.7. The van der Waals surface area contributed by atoms with Gasteiger partial charge in [0.2, 0.25) is 0 Å². The molecule has 0 aromatic carbocycles. The first kappa shape index (κ1) is 26.6. The van der Waals surface area contributed by atoms with Crippen molar-refractivity contribution >= 4 is 41.1 Å². The number of rotatable bonds is 9. The highest BCUT2D eigenvalue weighted by molar-refractivity contribution is 7.96. The van der Waals surface area contributed by atoms with Crippen LogP contribution in [0.4, 0.5) is 11.5 Å². The van der Waals surface area contributed by atoms with Crippen molar-refractivity contribution < 1.29 is 0 Å². The highest BCUT2D eigenvalue weighted by Gasteiger charge is 2.32. The molecule has 0 unspecified atom stereocenters. The van der Waals surface area contributed by atoms with Crippen LogP contribution in [0.3, 0.4) is 0 Å². The van der Waals surface area contributed by atoms with E-state index >= 15 is 0 Å². The van der Waals surface area contributed by atoms with Crippen molar-refractivity contribution in [3.8, 4) is 0 Å². The molecule has 0 atom stereocenters. The lowest BCUT2D eigenvalue weighted by Gasteiger charge is -2.34. The molecule has 0 radical (unpaired) electrons. The first-order valence-corrected chi connectivity index (χ1v) is 14.4. The van der Waals surface area contributed by atoms with Crippen LogP contribution >= 0.6 is 11.9 Å². The summed E-state index contributed by atoms with van der Waals surface area (Å²) in [6.45, 7) is 20.9. The zero-order valence-corrected chi connectivity index (χ0v) is 23.4. The molecule has 194 valence electrons. The van der Waals surface area contributed by atoms with Crippen molar-refractivity contribution in [3.05, 3.63) is 41.6 Å². The Bertz CT molecular complexity index is 1090. The Morgan fingerprint density at radius 1 is 1.22 bits per heavy atom. The Morgan fingerprint density at radius 3 is 2.53 bits per heavy atom. The zero-order chi connectivity index (χ0) is 25.8. The molecule has 1 aromatic rings. The summed E-state index contributed by atoms with van der Waals surface area (Å²) in [5.74, 6) is 3.47. The van der Waals surface area contributed by atoms with E-state index in [-0.39, 0.29) is 0 Å². The van der Waals surface area contributed by atoms with E-state index in [1.165, 1.54) is 12.8 Å². The van der Waals surface area contributed by atoms with Crippen LogP contribution in [0, 0.1) is 18.8 Å². The lowest BCUT2D eigenvalue weighted by Crippen LogP contribution is -2.41. The maximum atomic E-state index is 5.08. The van der Waals surface area contributed by atoms with Gasteiger partial charge in [-0.15, -0.1) is 0 Å². The number of aromatic nitrogens is 2. The van der Waals surface area contributed by atoms with Gasteiger partial charge >= 0.3 is 0 Å². The third-order valence-electron chi connectivity index (χ3n) is 7.09. The van der Waals surface area contributed by atoms with Crippen molar-refractivity contribution in [2.75, 3.05) is 37.3 Å². The highest BCUT2D eigenvalue weighted by Crippen LogP contribution is 2.43. The van der Waals surface area contributed by atoms with E-state index in [1.807, 2.05) is 38.9 Å². The molecule has 3 heterocycles. The van der Waals surface area contributed by atoms with Crippen LogP contribution in [0.5, 0.6) is 0 Å². The molecule has 1 aliphatic carbocycles. The second-order valence-electron chi connectivity index (χ2n) is 10.0. The van der Waals surface area contributed by atoms with E-state index in [9.17, 15) is 0 Å². The van der Waals surface area contributed by atoms with Gasteiger partial charge < -0.3 is 10.2 Å². The Balaban J connectivity index is 1.67. The van der Waals surface area contributed by atoms with E-state index in [4.69, 9.17) is 20.0 Å². The van der Waals surface area contributed by atoms with Gasteiger partial charge in [-0.25, -0.2) is 15.0 Å². The number of aryl methyl sites for hydroxylation is 1. The fourth-order valence-electron chi connectivity index (χ4n) is 4.95. The first-order valence-electron chi connectivity index (χ1n) is 13.2. The monoisotopic (exact) mass is 507 g/mol. The number of amidine groups is 1. The van der Waals surface area contributed by atoms with Crippen LogP contribution in [-0.4, -0.2) is 58.8 Å². The van der Waals surface area contributed by atoms with Gasteiger partial charge in [0.1, 0.15) is 11.5 Å². The summed E-state index contributed by atoms with van der Waals surface area (Å²) in [5, 5.41) is 3.63. The topological polar surface area (TPSA) is 69.0 Å². The molecule has 0 bridgehead atoms. The van der Waals surface area contributed by atoms with E-state index in [2.05, 4.69) is 40.9 Å². The molecule has 2 aliphatic heterocycles. The summed E-state index contributed by atoms with van der Waals surface area (Å²) in [5.41, 5.74) is 5.53. The average molecular weight is 508 g/mol. The fraction of sp³-hybridized carbons (Fsp3) is 0.571. The van der Waals surface area contributed by atoms with Crippen LogP contribution in [0.2, 0.25) is 0 Å². The van der Waals surface area contributed by atoms with Crippen LogP contribution in [0.25, 0.3) is 5.57 Å². The maximum absolute atomic E-state index is 5.08. The summed E-state index contributed by atoms with van der Waals surface area (Å²) in [6, 6.07) is 0. The Morgan fingerprint density at radius 2 is 1.94 bits per heavy atom. The van der Waals surface area contributed by atoms with Gasteiger partial charge in [-0.05, 0) is 70.6 Å². The minimum Gasteiger partial charge on any atom is -0.368 e. The number of hydrogen-bond donors (Lipinski definition) is 1. The number of hydrogen-bond acceptors (Lipinski definition) is 8. The molecule has 1 saturated carbocycles. The van der Waals surface area contributed by atoms with Gasteiger partial charge in [0.15, 0.2) is 11.6 Å². The molecular formula is C28H41N7S. The molecular weight excluding hydrogens is 466 g/mol. The summed E-state index contributed by atoms with van der Waals surface area (Å²) < 4.78 is 2.44. The van der Waals surface area contributed by atoms with E-state index in [0.29, 0.717) is 17.7 Å². The molecule has 36 heavy (non-hydrogen) atoms. The zero-order valence-electron chi connectivity index (χ0n) is 22.6. The number of aliphatic imine (C=N–C) groups is 2. The molecule has 1 N–H and O–H groups in total. The van der Waals surface area contributed by atoms with E-state index in [1.54, 1.807) is 0 Å². The molecule has 4 rings (SSSR count). The van der Waals surface area contributed by atoms with E-state index in [0.717, 1.165) is 91.0 Å². The van der Waals surface area contributed by atoms with Crippen molar-refractivity contribution in [2.24, 2.45) is 21.8 Å². The lowest BCUT2D eigenvalue weighted by molar-refractivity contribution is 0.292. The van der Waals surface area contributed by atoms with Crippen molar-refractivity contribution in [1.29, 1.82) is 0 Å². The largest absolute Gasteiger partial charge is 0.368 e. The minimum atomic E-state index is 0.464. The van der Waals surface area contributed by atoms with Gasteiger partial charge in [-0.2, -0.15) is 0 Å². The predicted molar refractivity (Wildman–Crippen MR) is 155 cm³/mol. The summed E-state index contributed by atoms with van der Waals surface area (Å²) >= 11 is 1.85. The molecule has 2 fully saturated rings. The van der Waals surface area contributed by atoms with Crippen molar-refractivity contribution in [3.63, 3.8) is 0 Å². The fourth-order valence-corrected chi connectivity index (χ4v) is 5.53. The molecule has 0 spiro atoms. The third-order valence-corrected chi connectivity index (χ3v) is 7.98. The van der Waals surface area contributed by atoms with Gasteiger partial charge in [0, 0.05) is 43.9 Å². The molecule has 1 saturated heterocycles. The number of fused-ring (bicyclic) bond motifs is 1. The maximum Gasteiger partial charge on any atom is 0.164 e. The summed E-state index contributed by atoms with van der Waals surface area (Å²) in [4.78, 5) is 22.0. The Kier molecular flexibility index (Phi) is 8.67. The van der Waals surface area contributed by atoms with Crippen LogP contribution in [0.15, 0.2) is 40.1 Å².